The van der Waals surface area contributed by atoms with Crippen LogP contribution < -0.4 is 0 Å². The SMILES string of the molecule is Cc1nn([C@H]2CCS(=O)(=O)C2)c(C)c1/C=C1\CCc2ccccc2C1=O. The van der Waals surface area contributed by atoms with Crippen LogP contribution in [-0.2, 0) is 16.3 Å². The minimum Gasteiger partial charge on any atom is -0.289 e. The van der Waals surface area contributed by atoms with Gasteiger partial charge in [-0.2, -0.15) is 5.10 Å². The molecule has 1 aliphatic heterocycles. The van der Waals surface area contributed by atoms with Crippen molar-refractivity contribution in [3.05, 3.63) is 57.9 Å². The van der Waals surface area contributed by atoms with Gasteiger partial charge in [0.1, 0.15) is 0 Å². The van der Waals surface area contributed by atoms with Crippen molar-refractivity contribution >= 4 is 21.7 Å². The van der Waals surface area contributed by atoms with Crippen LogP contribution in [0.2, 0.25) is 0 Å². The normalized spacial score (nSPS) is 23.4. The number of aryl methyl sites for hydroxylation is 2. The molecule has 1 saturated heterocycles. The molecule has 0 amide bonds. The molecular formula is C20H22N2O3S. The average molecular weight is 370 g/mol. The van der Waals surface area contributed by atoms with Crippen molar-refractivity contribution in [3.8, 4) is 0 Å². The number of benzene rings is 1. The molecule has 1 fully saturated rings. The van der Waals surface area contributed by atoms with Crippen LogP contribution in [-0.4, -0.2) is 35.5 Å². The van der Waals surface area contributed by atoms with Gasteiger partial charge < -0.3 is 0 Å². The number of carbonyl (C=O) groups excluding carboxylic acids is 1. The molecule has 0 unspecified atom stereocenters. The Labute approximate surface area is 153 Å². The number of allylic oxidation sites excluding steroid dienone is 1. The molecule has 2 aromatic rings. The van der Waals surface area contributed by atoms with Gasteiger partial charge in [0.05, 0.1) is 23.2 Å². The highest BCUT2D eigenvalue weighted by molar-refractivity contribution is 7.91. The zero-order valence-corrected chi connectivity index (χ0v) is 15.8. The van der Waals surface area contributed by atoms with Gasteiger partial charge >= 0.3 is 0 Å². The number of fused-ring (bicyclic) bond motifs is 1. The smallest absolute Gasteiger partial charge is 0.189 e. The van der Waals surface area contributed by atoms with Gasteiger partial charge in [-0.05, 0) is 44.7 Å². The molecule has 136 valence electrons. The Bertz CT molecular complexity index is 1030. The van der Waals surface area contributed by atoms with Crippen molar-refractivity contribution in [1.82, 2.24) is 9.78 Å². The second kappa shape index (κ2) is 6.20. The lowest BCUT2D eigenvalue weighted by Gasteiger charge is -2.17. The van der Waals surface area contributed by atoms with Crippen molar-refractivity contribution in [2.75, 3.05) is 11.5 Å². The number of carbonyl (C=O) groups is 1. The maximum Gasteiger partial charge on any atom is 0.189 e. The molecule has 4 rings (SSSR count). The highest BCUT2D eigenvalue weighted by atomic mass is 32.2. The molecule has 2 heterocycles. The second-order valence-corrected chi connectivity index (χ2v) is 9.47. The minimum atomic E-state index is -2.96. The monoisotopic (exact) mass is 370 g/mol. The first-order chi connectivity index (χ1) is 12.4. The minimum absolute atomic E-state index is 0.0850. The first-order valence-electron chi connectivity index (χ1n) is 8.95. The zero-order chi connectivity index (χ0) is 18.5. The lowest BCUT2D eigenvalue weighted by atomic mass is 9.86. The molecule has 1 atom stereocenters. The Kier molecular flexibility index (Phi) is 4.10. The Morgan fingerprint density at radius 2 is 1.96 bits per heavy atom. The van der Waals surface area contributed by atoms with Crippen LogP contribution in [0.3, 0.4) is 0 Å². The summed E-state index contributed by atoms with van der Waals surface area (Å²) in [6.45, 7) is 3.87. The van der Waals surface area contributed by atoms with Crippen molar-refractivity contribution in [3.63, 3.8) is 0 Å². The molecule has 0 N–H and O–H groups in total. The molecule has 1 aromatic carbocycles. The van der Waals surface area contributed by atoms with Gasteiger partial charge in [-0.3, -0.25) is 9.48 Å². The van der Waals surface area contributed by atoms with Crippen molar-refractivity contribution in [1.29, 1.82) is 0 Å². The summed E-state index contributed by atoms with van der Waals surface area (Å²) in [6, 6.07) is 7.66. The number of nitrogens with zero attached hydrogens (tertiary/aromatic N) is 2. The highest BCUT2D eigenvalue weighted by Gasteiger charge is 2.31. The van der Waals surface area contributed by atoms with E-state index in [0.29, 0.717) is 6.42 Å². The van der Waals surface area contributed by atoms with Crippen LogP contribution in [0.5, 0.6) is 0 Å². The molecule has 1 aliphatic carbocycles. The Balaban J connectivity index is 1.69. The van der Waals surface area contributed by atoms with Gasteiger partial charge in [-0.15, -0.1) is 0 Å². The van der Waals surface area contributed by atoms with Crippen molar-refractivity contribution < 1.29 is 13.2 Å². The first kappa shape index (κ1) is 17.2. The fourth-order valence-corrected chi connectivity index (χ4v) is 5.73. The summed E-state index contributed by atoms with van der Waals surface area (Å²) in [5, 5.41) is 4.59. The van der Waals surface area contributed by atoms with E-state index in [4.69, 9.17) is 0 Å². The van der Waals surface area contributed by atoms with Crippen LogP contribution >= 0.6 is 0 Å². The van der Waals surface area contributed by atoms with Gasteiger partial charge in [0.25, 0.3) is 0 Å². The van der Waals surface area contributed by atoms with Crippen LogP contribution in [0, 0.1) is 13.8 Å². The van der Waals surface area contributed by atoms with E-state index in [1.54, 1.807) is 0 Å². The van der Waals surface area contributed by atoms with Crippen LogP contribution in [0.15, 0.2) is 29.8 Å². The van der Waals surface area contributed by atoms with Crippen LogP contribution in [0.4, 0.5) is 0 Å². The summed E-state index contributed by atoms with van der Waals surface area (Å²) >= 11 is 0. The predicted molar refractivity (Wildman–Crippen MR) is 101 cm³/mol. The number of hydrogen-bond acceptors (Lipinski definition) is 4. The lowest BCUT2D eigenvalue weighted by Crippen LogP contribution is -2.14. The fraction of sp³-hybridized carbons (Fsp3) is 0.400. The van der Waals surface area contributed by atoms with E-state index in [0.717, 1.165) is 46.5 Å². The van der Waals surface area contributed by atoms with E-state index in [1.165, 1.54) is 0 Å². The van der Waals surface area contributed by atoms with E-state index in [-0.39, 0.29) is 23.3 Å². The number of aromatic nitrogens is 2. The molecular weight excluding hydrogens is 348 g/mol. The van der Waals surface area contributed by atoms with Gasteiger partial charge in [-0.1, -0.05) is 24.3 Å². The van der Waals surface area contributed by atoms with E-state index < -0.39 is 9.84 Å². The van der Waals surface area contributed by atoms with Crippen LogP contribution in [0.25, 0.3) is 6.08 Å². The van der Waals surface area contributed by atoms with Gasteiger partial charge in [0.15, 0.2) is 15.6 Å². The summed E-state index contributed by atoms with van der Waals surface area (Å²) in [7, 11) is -2.96. The topological polar surface area (TPSA) is 69.0 Å². The zero-order valence-electron chi connectivity index (χ0n) is 15.0. The number of Topliss-reactive ketones (excluding diaryl/α,β-unsaturated/α-hetero) is 1. The molecule has 26 heavy (non-hydrogen) atoms. The van der Waals surface area contributed by atoms with Crippen molar-refractivity contribution in [2.24, 2.45) is 0 Å². The number of rotatable bonds is 2. The molecule has 0 saturated carbocycles. The number of ketones is 1. The second-order valence-electron chi connectivity index (χ2n) is 7.24. The lowest BCUT2D eigenvalue weighted by molar-refractivity contribution is 0.102. The number of hydrogen-bond donors (Lipinski definition) is 0. The molecule has 6 heteroatoms. The first-order valence-corrected chi connectivity index (χ1v) is 10.8. The summed E-state index contributed by atoms with van der Waals surface area (Å²) in [5.74, 6) is 0.459. The molecule has 1 aromatic heterocycles. The summed E-state index contributed by atoms with van der Waals surface area (Å²) in [4.78, 5) is 12.8. The van der Waals surface area contributed by atoms with E-state index in [2.05, 4.69) is 5.10 Å². The third kappa shape index (κ3) is 2.92. The third-order valence-corrected chi connectivity index (χ3v) is 7.22. The Hall–Kier alpha value is -2.21. The van der Waals surface area contributed by atoms with Gasteiger partial charge in [0, 0.05) is 22.4 Å². The quantitative estimate of drug-likeness (QED) is 0.762. The summed E-state index contributed by atoms with van der Waals surface area (Å²) in [5.41, 5.74) is 5.41. The third-order valence-electron chi connectivity index (χ3n) is 5.47. The summed E-state index contributed by atoms with van der Waals surface area (Å²) < 4.78 is 25.4. The van der Waals surface area contributed by atoms with Gasteiger partial charge in [0.2, 0.25) is 0 Å². The van der Waals surface area contributed by atoms with E-state index >= 15 is 0 Å². The van der Waals surface area contributed by atoms with Crippen molar-refractivity contribution in [2.45, 2.75) is 39.2 Å². The van der Waals surface area contributed by atoms with Gasteiger partial charge in [-0.25, -0.2) is 8.42 Å². The average Bonchev–Trinajstić information content (AvgIpc) is 3.10. The predicted octanol–water partition coefficient (Wildman–Crippen LogP) is 3.07. The molecule has 0 spiro atoms. The van der Waals surface area contributed by atoms with E-state index in [1.807, 2.05) is 48.9 Å². The Morgan fingerprint density at radius 1 is 1.19 bits per heavy atom. The largest absolute Gasteiger partial charge is 0.289 e. The molecule has 0 radical (unpaired) electrons. The standard InChI is InChI=1S/C20H22N2O3S/c1-13-19(14(2)22(21-13)17-9-10-26(24,25)12-17)11-16-8-7-15-5-3-4-6-18(15)20(16)23/h3-6,11,17H,7-10,12H2,1-2H3/b16-11+/t17-/m0/s1. The number of sulfone groups is 1. The maximum absolute atomic E-state index is 12.8. The molecule has 2 aliphatic rings. The van der Waals surface area contributed by atoms with Crippen LogP contribution in [0.1, 0.15) is 51.8 Å². The molecule has 0 bridgehead atoms. The highest BCUT2D eigenvalue weighted by Crippen LogP contribution is 2.30. The fourth-order valence-electron chi connectivity index (χ4n) is 4.04. The Morgan fingerprint density at radius 3 is 2.69 bits per heavy atom. The van der Waals surface area contributed by atoms with E-state index in [9.17, 15) is 13.2 Å². The maximum atomic E-state index is 12.8. The summed E-state index contributed by atoms with van der Waals surface area (Å²) in [6.07, 6.45) is 4.14. The molecule has 5 nitrogen and oxygen atoms in total.